The number of halogens is 1. The van der Waals surface area contributed by atoms with E-state index in [0.717, 1.165) is 0 Å². The smallest absolute Gasteiger partial charge is 0.431 e. The van der Waals surface area contributed by atoms with E-state index in [9.17, 15) is 9.59 Å². The van der Waals surface area contributed by atoms with Crippen LogP contribution in [0, 0.1) is 0 Å². The van der Waals surface area contributed by atoms with Crippen molar-refractivity contribution in [2.75, 3.05) is 11.9 Å². The summed E-state index contributed by atoms with van der Waals surface area (Å²) in [6.07, 6.45) is 0.0894. The summed E-state index contributed by atoms with van der Waals surface area (Å²) in [7, 11) is 0. The summed E-state index contributed by atoms with van der Waals surface area (Å²) >= 11 is 5.76. The van der Waals surface area contributed by atoms with Gasteiger partial charge in [0.05, 0.1) is 6.61 Å². The predicted octanol–water partition coefficient (Wildman–Crippen LogP) is 3.52. The number of carbonyl (C=O) groups excluding carboxylic acids is 2. The topological polar surface area (TPSA) is 76.7 Å². The van der Waals surface area contributed by atoms with E-state index in [-0.39, 0.29) is 18.9 Å². The van der Waals surface area contributed by atoms with Gasteiger partial charge in [-0.15, -0.1) is 0 Å². The average molecular weight is 329 g/mol. The van der Waals surface area contributed by atoms with Gasteiger partial charge in [-0.3, -0.25) is 9.63 Å². The van der Waals surface area contributed by atoms with E-state index in [1.807, 2.05) is 0 Å². The van der Waals surface area contributed by atoms with Gasteiger partial charge < -0.3 is 10.1 Å². The summed E-state index contributed by atoms with van der Waals surface area (Å²) in [5.74, 6) is -0.136. The zero-order valence-electron chi connectivity index (χ0n) is 12.9. The maximum absolute atomic E-state index is 11.7. The van der Waals surface area contributed by atoms with Crippen LogP contribution in [0.5, 0.6) is 0 Å². The molecule has 0 aromatic heterocycles. The molecule has 0 radical (unpaired) electrons. The predicted molar refractivity (Wildman–Crippen MR) is 84.6 cm³/mol. The molecule has 0 saturated carbocycles. The molecular formula is C15H21ClN2O4. The van der Waals surface area contributed by atoms with Crippen LogP contribution in [0.1, 0.15) is 33.6 Å². The first kappa shape index (κ1) is 18.3. The summed E-state index contributed by atoms with van der Waals surface area (Å²) in [6.45, 7) is 5.49. The minimum absolute atomic E-state index is 0.136. The van der Waals surface area contributed by atoms with Crippen molar-refractivity contribution in [3.05, 3.63) is 29.3 Å². The lowest BCUT2D eigenvalue weighted by molar-refractivity contribution is -0.116. The molecule has 0 fully saturated rings. The molecule has 0 unspecified atom stereocenters. The highest BCUT2D eigenvalue weighted by atomic mass is 35.5. The van der Waals surface area contributed by atoms with E-state index < -0.39 is 11.7 Å². The molecule has 1 aromatic rings. The van der Waals surface area contributed by atoms with Gasteiger partial charge in [-0.25, -0.2) is 4.79 Å². The molecule has 2 N–H and O–H groups in total. The Kier molecular flexibility index (Phi) is 7.14. The first-order valence-corrected chi connectivity index (χ1v) is 7.30. The third-order valence-electron chi connectivity index (χ3n) is 2.33. The van der Waals surface area contributed by atoms with Crippen LogP contribution in [0.4, 0.5) is 10.5 Å². The molecular weight excluding hydrogens is 308 g/mol. The third kappa shape index (κ3) is 8.49. The Morgan fingerprint density at radius 1 is 1.18 bits per heavy atom. The van der Waals surface area contributed by atoms with Crippen molar-refractivity contribution in [1.29, 1.82) is 0 Å². The second-order valence-electron chi connectivity index (χ2n) is 5.61. The van der Waals surface area contributed by atoms with Crippen molar-refractivity contribution in [3.63, 3.8) is 0 Å². The van der Waals surface area contributed by atoms with E-state index in [0.29, 0.717) is 17.1 Å². The first-order valence-electron chi connectivity index (χ1n) is 6.92. The Hall–Kier alpha value is -1.79. The summed E-state index contributed by atoms with van der Waals surface area (Å²) in [5, 5.41) is 3.35. The van der Waals surface area contributed by atoms with E-state index in [1.165, 1.54) is 0 Å². The van der Waals surface area contributed by atoms with E-state index in [2.05, 4.69) is 10.8 Å². The lowest BCUT2D eigenvalue weighted by Crippen LogP contribution is -2.32. The van der Waals surface area contributed by atoms with E-state index in [1.54, 1.807) is 45.0 Å². The zero-order valence-corrected chi connectivity index (χ0v) is 13.7. The third-order valence-corrected chi connectivity index (χ3v) is 2.58. The monoisotopic (exact) mass is 328 g/mol. The minimum Gasteiger partial charge on any atom is -0.442 e. The highest BCUT2D eigenvalue weighted by Crippen LogP contribution is 2.13. The second-order valence-corrected chi connectivity index (χ2v) is 6.05. The van der Waals surface area contributed by atoms with Crippen molar-refractivity contribution < 1.29 is 19.2 Å². The molecule has 6 nitrogen and oxygen atoms in total. The van der Waals surface area contributed by atoms with Gasteiger partial charge >= 0.3 is 6.09 Å². The number of hydroxylamine groups is 1. The fourth-order valence-corrected chi connectivity index (χ4v) is 1.60. The fraction of sp³-hybridized carbons (Fsp3) is 0.467. The second kappa shape index (κ2) is 8.60. The van der Waals surface area contributed by atoms with Gasteiger partial charge in [0, 0.05) is 17.1 Å². The Labute approximate surface area is 135 Å². The van der Waals surface area contributed by atoms with Gasteiger partial charge in [0.1, 0.15) is 5.60 Å². The molecule has 0 atom stereocenters. The van der Waals surface area contributed by atoms with Crippen molar-refractivity contribution in [2.24, 2.45) is 0 Å². The first-order chi connectivity index (χ1) is 10.3. The summed E-state index contributed by atoms with van der Waals surface area (Å²) < 4.78 is 4.99. The van der Waals surface area contributed by atoms with Crippen LogP contribution < -0.4 is 10.8 Å². The highest BCUT2D eigenvalue weighted by molar-refractivity contribution is 6.30. The van der Waals surface area contributed by atoms with Crippen LogP contribution in [-0.2, 0) is 14.4 Å². The number of carbonyl (C=O) groups is 2. The van der Waals surface area contributed by atoms with Crippen LogP contribution in [0.2, 0.25) is 5.02 Å². The Morgan fingerprint density at radius 3 is 2.41 bits per heavy atom. The Morgan fingerprint density at radius 2 is 1.82 bits per heavy atom. The standard InChI is InChI=1S/C15H21ClN2O4/c1-15(2,3)22-14(20)18-21-10-4-5-13(19)17-12-8-6-11(16)7-9-12/h6-9H,4-5,10H2,1-3H3,(H,17,19)(H,18,20). The van der Waals surface area contributed by atoms with Crippen molar-refractivity contribution >= 4 is 29.3 Å². The van der Waals surface area contributed by atoms with Gasteiger partial charge in [-0.05, 0) is 51.5 Å². The fourth-order valence-electron chi connectivity index (χ4n) is 1.47. The normalized spacial score (nSPS) is 10.9. The molecule has 0 aliphatic heterocycles. The molecule has 0 saturated heterocycles. The molecule has 0 aliphatic rings. The number of anilines is 1. The van der Waals surface area contributed by atoms with Gasteiger partial charge in [0.15, 0.2) is 0 Å². The molecule has 7 heteroatoms. The number of rotatable bonds is 6. The summed E-state index contributed by atoms with van der Waals surface area (Å²) in [6, 6.07) is 6.84. The highest BCUT2D eigenvalue weighted by Gasteiger charge is 2.15. The number of nitrogens with one attached hydrogen (secondary N) is 2. The zero-order chi connectivity index (χ0) is 16.6. The summed E-state index contributed by atoms with van der Waals surface area (Å²) in [5.41, 5.74) is 2.27. The number of amides is 2. The maximum Gasteiger partial charge on any atom is 0.431 e. The molecule has 22 heavy (non-hydrogen) atoms. The number of hydrogen-bond donors (Lipinski definition) is 2. The van der Waals surface area contributed by atoms with E-state index in [4.69, 9.17) is 21.2 Å². The van der Waals surface area contributed by atoms with Crippen molar-refractivity contribution in [2.45, 2.75) is 39.2 Å². The molecule has 1 aromatic carbocycles. The number of ether oxygens (including phenoxy) is 1. The quantitative estimate of drug-likeness (QED) is 0.619. The molecule has 122 valence electrons. The van der Waals surface area contributed by atoms with Crippen molar-refractivity contribution in [1.82, 2.24) is 5.48 Å². The molecule has 0 spiro atoms. The molecule has 0 bridgehead atoms. The van der Waals surface area contributed by atoms with Gasteiger partial charge in [0.2, 0.25) is 5.91 Å². The van der Waals surface area contributed by atoms with E-state index >= 15 is 0 Å². The average Bonchev–Trinajstić information content (AvgIpc) is 2.39. The molecule has 0 heterocycles. The van der Waals surface area contributed by atoms with Crippen LogP contribution >= 0.6 is 11.6 Å². The number of hydrogen-bond acceptors (Lipinski definition) is 4. The maximum atomic E-state index is 11.7. The minimum atomic E-state index is -0.655. The molecule has 1 rings (SSSR count). The van der Waals surface area contributed by atoms with Crippen LogP contribution in [-0.4, -0.2) is 24.2 Å². The largest absolute Gasteiger partial charge is 0.442 e. The Bertz CT molecular complexity index is 497. The van der Waals surface area contributed by atoms with Crippen LogP contribution in [0.25, 0.3) is 0 Å². The number of benzene rings is 1. The van der Waals surface area contributed by atoms with Crippen LogP contribution in [0.3, 0.4) is 0 Å². The SMILES string of the molecule is CC(C)(C)OC(=O)NOCCCC(=O)Nc1ccc(Cl)cc1. The lowest BCUT2D eigenvalue weighted by Gasteiger charge is -2.19. The van der Waals surface area contributed by atoms with Gasteiger partial charge in [-0.2, -0.15) is 5.48 Å². The van der Waals surface area contributed by atoms with Crippen LogP contribution in [0.15, 0.2) is 24.3 Å². The summed E-state index contributed by atoms with van der Waals surface area (Å²) in [4.78, 5) is 27.9. The Balaban J connectivity index is 2.13. The van der Waals surface area contributed by atoms with Crippen molar-refractivity contribution in [3.8, 4) is 0 Å². The lowest BCUT2D eigenvalue weighted by atomic mass is 10.2. The molecule has 0 aliphatic carbocycles. The van der Waals surface area contributed by atoms with Gasteiger partial charge in [0.25, 0.3) is 0 Å². The molecule has 2 amide bonds. The van der Waals surface area contributed by atoms with Gasteiger partial charge in [-0.1, -0.05) is 11.6 Å².